The van der Waals surface area contributed by atoms with Crippen LogP contribution >= 0.6 is 0 Å². The highest BCUT2D eigenvalue weighted by Crippen LogP contribution is 2.24. The number of benzene rings is 1. The normalized spacial score (nSPS) is 15.7. The maximum absolute atomic E-state index is 11.2. The summed E-state index contributed by atoms with van der Waals surface area (Å²) in [6.45, 7) is 2.90. The van der Waals surface area contributed by atoms with Gasteiger partial charge in [0.25, 0.3) is 0 Å². The predicted octanol–water partition coefficient (Wildman–Crippen LogP) is 0.666. The summed E-state index contributed by atoms with van der Waals surface area (Å²) < 4.78 is 0. The van der Waals surface area contributed by atoms with Gasteiger partial charge in [0.2, 0.25) is 5.91 Å². The van der Waals surface area contributed by atoms with Crippen LogP contribution in [0.15, 0.2) is 30.3 Å². The molecule has 0 spiro atoms. The monoisotopic (exact) mass is 236 g/mol. The van der Waals surface area contributed by atoms with Gasteiger partial charge in [0.1, 0.15) is 0 Å². The number of amides is 1. The molecule has 5 heteroatoms. The lowest BCUT2D eigenvalue weighted by Crippen LogP contribution is -2.64. The minimum Gasteiger partial charge on any atom is -0.478 e. The maximum Gasteiger partial charge on any atom is 0.345 e. The zero-order chi connectivity index (χ0) is 13.1. The third-order valence-electron chi connectivity index (χ3n) is 2.72. The first-order valence-corrected chi connectivity index (χ1v) is 5.24. The SMILES string of the molecule is CC(=O)N[C@@](N)(C(=O)O)[C@H](C)c1ccccc1. The number of carboxylic acid groups (broad SMARTS) is 1. The Balaban J connectivity index is 3.07. The fourth-order valence-corrected chi connectivity index (χ4v) is 1.64. The molecular weight excluding hydrogens is 220 g/mol. The Labute approximate surface area is 99.6 Å². The second-order valence-electron chi connectivity index (χ2n) is 3.99. The molecule has 5 nitrogen and oxygen atoms in total. The molecule has 0 aliphatic heterocycles. The maximum atomic E-state index is 11.2. The van der Waals surface area contributed by atoms with Crippen molar-refractivity contribution in [3.05, 3.63) is 35.9 Å². The van der Waals surface area contributed by atoms with Gasteiger partial charge in [0.05, 0.1) is 0 Å². The number of nitrogens with two attached hydrogens (primary N) is 1. The number of hydrogen-bond donors (Lipinski definition) is 3. The minimum atomic E-state index is -1.80. The lowest BCUT2D eigenvalue weighted by molar-refractivity contribution is -0.148. The number of carboxylic acids is 1. The summed E-state index contributed by atoms with van der Waals surface area (Å²) in [6, 6.07) is 8.96. The molecule has 92 valence electrons. The first-order valence-electron chi connectivity index (χ1n) is 5.24. The van der Waals surface area contributed by atoms with E-state index in [0.29, 0.717) is 0 Å². The van der Waals surface area contributed by atoms with Gasteiger partial charge in [-0.3, -0.25) is 10.5 Å². The molecule has 0 bridgehead atoms. The number of hydrogen-bond acceptors (Lipinski definition) is 3. The molecule has 0 aliphatic carbocycles. The Morgan fingerprint density at radius 3 is 2.29 bits per heavy atom. The first-order chi connectivity index (χ1) is 7.88. The average Bonchev–Trinajstić information content (AvgIpc) is 2.28. The zero-order valence-corrected chi connectivity index (χ0v) is 9.81. The molecule has 0 heterocycles. The summed E-state index contributed by atoms with van der Waals surface area (Å²) in [6.07, 6.45) is 0. The van der Waals surface area contributed by atoms with E-state index >= 15 is 0 Å². The summed E-state index contributed by atoms with van der Waals surface area (Å²) in [5.74, 6) is -2.27. The van der Waals surface area contributed by atoms with Crippen molar-refractivity contribution >= 4 is 11.9 Å². The van der Waals surface area contributed by atoms with Crippen LogP contribution in [0.25, 0.3) is 0 Å². The lowest BCUT2D eigenvalue weighted by Gasteiger charge is -2.32. The first kappa shape index (κ1) is 13.2. The molecule has 0 aliphatic rings. The Hall–Kier alpha value is -1.88. The van der Waals surface area contributed by atoms with Crippen molar-refractivity contribution in [3.8, 4) is 0 Å². The Kier molecular flexibility index (Phi) is 3.85. The van der Waals surface area contributed by atoms with Gasteiger partial charge in [-0.25, -0.2) is 4.79 Å². The highest BCUT2D eigenvalue weighted by molar-refractivity contribution is 5.86. The van der Waals surface area contributed by atoms with Gasteiger partial charge < -0.3 is 10.4 Å². The average molecular weight is 236 g/mol. The Bertz CT molecular complexity index is 419. The topological polar surface area (TPSA) is 92.4 Å². The lowest BCUT2D eigenvalue weighted by atomic mass is 9.88. The number of rotatable bonds is 4. The zero-order valence-electron chi connectivity index (χ0n) is 9.81. The standard InChI is InChI=1S/C12H16N2O3/c1-8(10-6-4-3-5-7-10)12(13,11(16)17)14-9(2)15/h3-8H,13H2,1-2H3,(H,14,15)(H,16,17)/t8-,12-/m1/s1. The number of nitrogens with one attached hydrogen (secondary N) is 1. The molecule has 0 saturated heterocycles. The van der Waals surface area contributed by atoms with Gasteiger partial charge in [0.15, 0.2) is 5.66 Å². The third-order valence-corrected chi connectivity index (χ3v) is 2.72. The van der Waals surface area contributed by atoms with Crippen LogP contribution in [-0.4, -0.2) is 22.6 Å². The van der Waals surface area contributed by atoms with Crippen molar-refractivity contribution in [2.75, 3.05) is 0 Å². The van der Waals surface area contributed by atoms with Crippen LogP contribution in [0.2, 0.25) is 0 Å². The molecule has 1 amide bonds. The van der Waals surface area contributed by atoms with E-state index in [9.17, 15) is 14.7 Å². The van der Waals surface area contributed by atoms with Gasteiger partial charge in [-0.15, -0.1) is 0 Å². The smallest absolute Gasteiger partial charge is 0.345 e. The van der Waals surface area contributed by atoms with Crippen LogP contribution in [0.5, 0.6) is 0 Å². The highest BCUT2D eigenvalue weighted by Gasteiger charge is 2.41. The molecule has 4 N–H and O–H groups in total. The van der Waals surface area contributed by atoms with Crippen LogP contribution < -0.4 is 11.1 Å². The van der Waals surface area contributed by atoms with E-state index in [1.54, 1.807) is 31.2 Å². The van der Waals surface area contributed by atoms with Crippen molar-refractivity contribution in [1.29, 1.82) is 0 Å². The summed E-state index contributed by atoms with van der Waals surface area (Å²) in [5.41, 5.74) is 4.74. The molecule has 17 heavy (non-hydrogen) atoms. The van der Waals surface area contributed by atoms with E-state index in [2.05, 4.69) is 5.32 Å². The minimum absolute atomic E-state index is 0.474. The molecule has 0 aromatic heterocycles. The Morgan fingerprint density at radius 2 is 1.88 bits per heavy atom. The quantitative estimate of drug-likeness (QED) is 0.670. The van der Waals surface area contributed by atoms with E-state index in [-0.39, 0.29) is 0 Å². The van der Waals surface area contributed by atoms with Crippen molar-refractivity contribution in [1.82, 2.24) is 5.32 Å². The van der Waals surface area contributed by atoms with Gasteiger partial charge in [-0.2, -0.15) is 0 Å². The summed E-state index contributed by atoms with van der Waals surface area (Å²) >= 11 is 0. The van der Waals surface area contributed by atoms with Gasteiger partial charge >= 0.3 is 5.97 Å². The second kappa shape index (κ2) is 4.97. The predicted molar refractivity (Wildman–Crippen MR) is 63.2 cm³/mol. The molecule has 2 atom stereocenters. The molecule has 1 aromatic rings. The second-order valence-corrected chi connectivity index (χ2v) is 3.99. The largest absolute Gasteiger partial charge is 0.478 e. The van der Waals surface area contributed by atoms with Crippen molar-refractivity contribution in [2.45, 2.75) is 25.4 Å². The fourth-order valence-electron chi connectivity index (χ4n) is 1.64. The van der Waals surface area contributed by atoms with Gasteiger partial charge in [-0.1, -0.05) is 37.3 Å². The van der Waals surface area contributed by atoms with Crippen molar-refractivity contribution in [2.24, 2.45) is 5.73 Å². The van der Waals surface area contributed by atoms with E-state index in [1.807, 2.05) is 6.07 Å². The van der Waals surface area contributed by atoms with Gasteiger partial charge in [-0.05, 0) is 5.56 Å². The van der Waals surface area contributed by atoms with Crippen LogP contribution in [0.4, 0.5) is 0 Å². The van der Waals surface area contributed by atoms with E-state index in [0.717, 1.165) is 5.56 Å². The summed E-state index contributed by atoms with van der Waals surface area (Å²) in [5, 5.41) is 11.5. The molecule has 0 unspecified atom stereocenters. The van der Waals surface area contributed by atoms with Gasteiger partial charge in [0, 0.05) is 12.8 Å². The number of carbonyl (C=O) groups excluding carboxylic acids is 1. The van der Waals surface area contributed by atoms with E-state index in [4.69, 9.17) is 5.73 Å². The van der Waals surface area contributed by atoms with Crippen LogP contribution in [0.1, 0.15) is 25.3 Å². The summed E-state index contributed by atoms with van der Waals surface area (Å²) in [7, 11) is 0. The molecule has 1 aromatic carbocycles. The molecule has 0 fully saturated rings. The van der Waals surface area contributed by atoms with E-state index < -0.39 is 23.5 Å². The van der Waals surface area contributed by atoms with Crippen LogP contribution in [-0.2, 0) is 9.59 Å². The fraction of sp³-hybridized carbons (Fsp3) is 0.333. The number of carbonyl (C=O) groups is 2. The van der Waals surface area contributed by atoms with Crippen LogP contribution in [0, 0.1) is 0 Å². The molecule has 1 rings (SSSR count). The number of aliphatic carboxylic acids is 1. The van der Waals surface area contributed by atoms with Crippen molar-refractivity contribution < 1.29 is 14.7 Å². The molecule has 0 saturated carbocycles. The van der Waals surface area contributed by atoms with Crippen LogP contribution in [0.3, 0.4) is 0 Å². The highest BCUT2D eigenvalue weighted by atomic mass is 16.4. The Morgan fingerprint density at radius 1 is 1.35 bits per heavy atom. The summed E-state index contributed by atoms with van der Waals surface area (Å²) in [4.78, 5) is 22.3. The van der Waals surface area contributed by atoms with Crippen molar-refractivity contribution in [3.63, 3.8) is 0 Å². The molecule has 0 radical (unpaired) electrons. The third kappa shape index (κ3) is 2.82. The van der Waals surface area contributed by atoms with E-state index in [1.165, 1.54) is 6.92 Å². The molecular formula is C12H16N2O3.